The first-order valence-corrected chi connectivity index (χ1v) is 8.55. The molecule has 0 amide bonds. The van der Waals surface area contributed by atoms with E-state index in [0.29, 0.717) is 13.0 Å². The molecule has 0 aliphatic carbocycles. The van der Waals surface area contributed by atoms with E-state index in [1.807, 2.05) is 54.6 Å². The minimum absolute atomic E-state index is 0.347. The van der Waals surface area contributed by atoms with Crippen molar-refractivity contribution < 1.29 is 9.53 Å². The molecular formula is C20H22N4O2. The monoisotopic (exact) mass is 350 g/mol. The van der Waals surface area contributed by atoms with Gasteiger partial charge in [-0.3, -0.25) is 0 Å². The number of carbonyl (C=O) groups is 1. The summed E-state index contributed by atoms with van der Waals surface area (Å²) in [6, 6.07) is 17.2. The third-order valence-electron chi connectivity index (χ3n) is 4.28. The highest BCUT2D eigenvalue weighted by Gasteiger charge is 2.24. The van der Waals surface area contributed by atoms with E-state index < -0.39 is 6.04 Å². The largest absolute Gasteiger partial charge is 0.467 e. The van der Waals surface area contributed by atoms with Crippen molar-refractivity contribution in [3.05, 3.63) is 71.9 Å². The van der Waals surface area contributed by atoms with Gasteiger partial charge in [-0.2, -0.15) is 0 Å². The van der Waals surface area contributed by atoms with Gasteiger partial charge in [-0.15, -0.1) is 5.10 Å². The van der Waals surface area contributed by atoms with Gasteiger partial charge in [0.25, 0.3) is 0 Å². The van der Waals surface area contributed by atoms with Crippen molar-refractivity contribution in [3.8, 4) is 11.3 Å². The number of methoxy groups -OCH3 is 1. The Morgan fingerprint density at radius 3 is 2.62 bits per heavy atom. The lowest BCUT2D eigenvalue weighted by Crippen LogP contribution is -2.23. The van der Waals surface area contributed by atoms with Crippen molar-refractivity contribution in [2.45, 2.75) is 18.9 Å². The van der Waals surface area contributed by atoms with Crippen LogP contribution in [0.2, 0.25) is 0 Å². The molecule has 1 aromatic heterocycles. The molecule has 1 heterocycles. The molecule has 0 bridgehead atoms. The lowest BCUT2D eigenvalue weighted by atomic mass is 10.0. The number of nitrogens with two attached hydrogens (primary N) is 1. The van der Waals surface area contributed by atoms with Gasteiger partial charge in [0.05, 0.1) is 13.3 Å². The molecule has 1 atom stereocenters. The Morgan fingerprint density at radius 2 is 1.88 bits per heavy atom. The molecule has 1 unspecified atom stereocenters. The maximum Gasteiger partial charge on any atom is 0.331 e. The summed E-state index contributed by atoms with van der Waals surface area (Å²) < 4.78 is 6.55. The molecule has 0 aliphatic rings. The van der Waals surface area contributed by atoms with E-state index in [1.54, 1.807) is 10.9 Å². The van der Waals surface area contributed by atoms with Gasteiger partial charge in [0.2, 0.25) is 0 Å². The molecule has 0 radical (unpaired) electrons. The topological polar surface area (TPSA) is 83.0 Å². The summed E-state index contributed by atoms with van der Waals surface area (Å²) in [5.74, 6) is -0.347. The highest BCUT2D eigenvalue weighted by Crippen LogP contribution is 2.24. The van der Waals surface area contributed by atoms with E-state index in [1.165, 1.54) is 7.11 Å². The molecule has 6 nitrogen and oxygen atoms in total. The van der Waals surface area contributed by atoms with Crippen LogP contribution in [0.4, 0.5) is 0 Å². The van der Waals surface area contributed by atoms with Crippen LogP contribution >= 0.6 is 0 Å². The summed E-state index contributed by atoms with van der Waals surface area (Å²) in [5.41, 5.74) is 9.54. The molecule has 0 fully saturated rings. The van der Waals surface area contributed by atoms with Crippen LogP contribution in [-0.4, -0.2) is 34.6 Å². The van der Waals surface area contributed by atoms with Crippen LogP contribution in [0.5, 0.6) is 0 Å². The summed E-state index contributed by atoms with van der Waals surface area (Å²) in [6.07, 6.45) is 3.04. The van der Waals surface area contributed by atoms with E-state index >= 15 is 0 Å². The number of aromatic nitrogens is 3. The Morgan fingerprint density at radius 1 is 1.15 bits per heavy atom. The van der Waals surface area contributed by atoms with Gasteiger partial charge in [0.15, 0.2) is 6.04 Å². The van der Waals surface area contributed by atoms with Crippen LogP contribution < -0.4 is 5.73 Å². The summed E-state index contributed by atoms with van der Waals surface area (Å²) in [7, 11) is 1.38. The van der Waals surface area contributed by atoms with Crippen LogP contribution in [-0.2, 0) is 22.4 Å². The van der Waals surface area contributed by atoms with Crippen molar-refractivity contribution in [3.63, 3.8) is 0 Å². The Bertz CT molecular complexity index is 861. The Labute approximate surface area is 152 Å². The van der Waals surface area contributed by atoms with Crippen LogP contribution in [0.25, 0.3) is 11.3 Å². The second-order valence-electron chi connectivity index (χ2n) is 6.01. The zero-order valence-corrected chi connectivity index (χ0v) is 14.7. The second kappa shape index (κ2) is 8.40. The van der Waals surface area contributed by atoms with Crippen molar-refractivity contribution in [1.29, 1.82) is 0 Å². The molecule has 26 heavy (non-hydrogen) atoms. The molecule has 134 valence electrons. The van der Waals surface area contributed by atoms with Crippen molar-refractivity contribution in [2.24, 2.45) is 5.73 Å². The zero-order chi connectivity index (χ0) is 18.4. The fourth-order valence-corrected chi connectivity index (χ4v) is 2.95. The maximum atomic E-state index is 12.3. The van der Waals surface area contributed by atoms with Crippen LogP contribution in [0.1, 0.15) is 17.2 Å². The van der Waals surface area contributed by atoms with Gasteiger partial charge >= 0.3 is 5.97 Å². The van der Waals surface area contributed by atoms with Crippen LogP contribution in [0, 0.1) is 0 Å². The fraction of sp³-hybridized carbons (Fsp3) is 0.250. The molecule has 6 heteroatoms. The van der Waals surface area contributed by atoms with Crippen molar-refractivity contribution in [2.75, 3.05) is 13.7 Å². The van der Waals surface area contributed by atoms with Gasteiger partial charge in [0.1, 0.15) is 5.69 Å². The van der Waals surface area contributed by atoms with Gasteiger partial charge in [0, 0.05) is 12.0 Å². The first-order valence-electron chi connectivity index (χ1n) is 8.55. The fourth-order valence-electron chi connectivity index (χ4n) is 2.95. The number of hydrogen-bond donors (Lipinski definition) is 1. The van der Waals surface area contributed by atoms with E-state index in [0.717, 1.165) is 28.8 Å². The van der Waals surface area contributed by atoms with Crippen LogP contribution in [0.3, 0.4) is 0 Å². The Hall–Kier alpha value is -2.99. The third kappa shape index (κ3) is 3.97. The smallest absolute Gasteiger partial charge is 0.331 e. The molecule has 0 saturated carbocycles. The summed E-state index contributed by atoms with van der Waals surface area (Å²) in [6.45, 7) is 0.559. The quantitative estimate of drug-likeness (QED) is 0.662. The second-order valence-corrected chi connectivity index (χ2v) is 6.01. The predicted molar refractivity (Wildman–Crippen MR) is 99.4 cm³/mol. The first-order chi connectivity index (χ1) is 12.7. The van der Waals surface area contributed by atoms with Crippen molar-refractivity contribution >= 4 is 5.97 Å². The highest BCUT2D eigenvalue weighted by molar-refractivity contribution is 5.74. The standard InChI is InChI=1S/C20H22N4O2/c1-26-20(25)19(13-15-7-3-2-4-8-15)24-14-18(22-23-24)17-10-6-5-9-16(17)11-12-21/h2-10,14,19H,11-13,21H2,1H3. The van der Waals surface area contributed by atoms with Gasteiger partial charge < -0.3 is 10.5 Å². The molecule has 2 aromatic carbocycles. The molecule has 3 aromatic rings. The summed E-state index contributed by atoms with van der Waals surface area (Å²) in [5, 5.41) is 8.47. The number of nitrogens with zero attached hydrogens (tertiary/aromatic N) is 3. The lowest BCUT2D eigenvalue weighted by Gasteiger charge is -2.14. The Balaban J connectivity index is 1.91. The average Bonchev–Trinajstić information content (AvgIpc) is 3.16. The SMILES string of the molecule is COC(=O)C(Cc1ccccc1)n1cc(-c2ccccc2CCN)nn1. The van der Waals surface area contributed by atoms with E-state index in [2.05, 4.69) is 10.3 Å². The molecule has 0 spiro atoms. The van der Waals surface area contributed by atoms with Gasteiger partial charge in [-0.05, 0) is 24.1 Å². The number of rotatable bonds is 7. The molecule has 0 aliphatic heterocycles. The van der Waals surface area contributed by atoms with Gasteiger partial charge in [-0.1, -0.05) is 59.8 Å². The number of hydrogen-bond acceptors (Lipinski definition) is 5. The lowest BCUT2D eigenvalue weighted by molar-refractivity contribution is -0.144. The number of carbonyl (C=O) groups excluding carboxylic acids is 1. The number of esters is 1. The Kier molecular flexibility index (Phi) is 5.76. The predicted octanol–water partition coefficient (Wildman–Crippen LogP) is 2.40. The van der Waals surface area contributed by atoms with E-state index in [-0.39, 0.29) is 5.97 Å². The normalized spacial score (nSPS) is 11.9. The van der Waals surface area contributed by atoms with Gasteiger partial charge in [-0.25, -0.2) is 9.48 Å². The average molecular weight is 350 g/mol. The summed E-state index contributed by atoms with van der Waals surface area (Å²) >= 11 is 0. The summed E-state index contributed by atoms with van der Waals surface area (Å²) in [4.78, 5) is 12.3. The minimum Gasteiger partial charge on any atom is -0.467 e. The number of ether oxygens (including phenoxy) is 1. The highest BCUT2D eigenvalue weighted by atomic mass is 16.5. The third-order valence-corrected chi connectivity index (χ3v) is 4.28. The first kappa shape index (κ1) is 17.8. The van der Waals surface area contributed by atoms with E-state index in [4.69, 9.17) is 10.5 Å². The molecule has 2 N–H and O–H groups in total. The molecule has 0 saturated heterocycles. The molecule has 3 rings (SSSR count). The zero-order valence-electron chi connectivity index (χ0n) is 14.7. The van der Waals surface area contributed by atoms with Crippen molar-refractivity contribution in [1.82, 2.24) is 15.0 Å². The number of benzene rings is 2. The van der Waals surface area contributed by atoms with E-state index in [9.17, 15) is 4.79 Å². The minimum atomic E-state index is -0.565. The molecular weight excluding hydrogens is 328 g/mol. The maximum absolute atomic E-state index is 12.3. The van der Waals surface area contributed by atoms with Crippen LogP contribution in [0.15, 0.2) is 60.8 Å².